The molecule has 9 nitrogen and oxygen atoms in total. The van der Waals surface area contributed by atoms with Crippen LogP contribution in [0, 0.1) is 0 Å². The second-order valence-corrected chi connectivity index (χ2v) is 8.84. The Hall–Kier alpha value is -4.31. The Morgan fingerprint density at radius 2 is 1.49 bits per heavy atom. The van der Waals surface area contributed by atoms with Gasteiger partial charge in [-0.3, -0.25) is 4.57 Å². The lowest BCUT2D eigenvalue weighted by atomic mass is 9.80. The van der Waals surface area contributed by atoms with Crippen LogP contribution in [0.3, 0.4) is 0 Å². The maximum Gasteiger partial charge on any atom is 0.244 e. The predicted octanol–water partition coefficient (Wildman–Crippen LogP) is 4.74. The van der Waals surface area contributed by atoms with E-state index in [1.54, 1.807) is 14.2 Å². The van der Waals surface area contributed by atoms with E-state index in [1.165, 1.54) is 17.2 Å². The van der Waals surface area contributed by atoms with Gasteiger partial charge < -0.3 is 24.6 Å². The first-order chi connectivity index (χ1) is 19.2. The van der Waals surface area contributed by atoms with Crippen LogP contribution in [0.4, 0.5) is 5.82 Å². The number of ether oxygens (including phenoxy) is 3. The number of rotatable bonds is 12. The zero-order valence-electron chi connectivity index (χ0n) is 21.9. The molecule has 2 aromatic heterocycles. The molecule has 1 atom stereocenters. The van der Waals surface area contributed by atoms with Crippen LogP contribution < -0.4 is 10.1 Å². The van der Waals surface area contributed by atoms with Crippen molar-refractivity contribution in [3.63, 3.8) is 0 Å². The summed E-state index contributed by atoms with van der Waals surface area (Å²) in [5.41, 5.74) is 3.17. The zero-order valence-corrected chi connectivity index (χ0v) is 21.9. The van der Waals surface area contributed by atoms with Crippen LogP contribution >= 0.6 is 0 Å². The van der Waals surface area contributed by atoms with Crippen molar-refractivity contribution in [3.05, 3.63) is 114 Å². The molecule has 0 bridgehead atoms. The number of nitrogens with one attached hydrogen (secondary N) is 1. The standard InChI is InChI=1S/C30H31N5O4/c1-31-27-26-28(33-20-32-27)35(21-34-26)29(36)38-18-9-19-39-30(22-10-5-3-6-11-22,23-12-7-4-8-13-23)24-14-16-25(37-2)17-15-24/h3-8,10-17,20-21,29,36H,9,18-19H2,1-2H3,(H,31,32,33). The number of aromatic nitrogens is 4. The Bertz CT molecular complexity index is 1440. The van der Waals surface area contributed by atoms with E-state index in [-0.39, 0.29) is 6.61 Å². The Kier molecular flexibility index (Phi) is 8.12. The summed E-state index contributed by atoms with van der Waals surface area (Å²) in [4.78, 5) is 12.7. The van der Waals surface area contributed by atoms with E-state index in [2.05, 4.69) is 44.5 Å². The number of aliphatic hydroxyl groups excluding tert-OH is 1. The van der Waals surface area contributed by atoms with Crippen molar-refractivity contribution in [2.45, 2.75) is 18.4 Å². The van der Waals surface area contributed by atoms with E-state index in [9.17, 15) is 5.11 Å². The van der Waals surface area contributed by atoms with Gasteiger partial charge in [0, 0.05) is 7.05 Å². The van der Waals surface area contributed by atoms with Crippen molar-refractivity contribution >= 4 is 17.0 Å². The van der Waals surface area contributed by atoms with Crippen LogP contribution in [-0.2, 0) is 15.1 Å². The summed E-state index contributed by atoms with van der Waals surface area (Å²) in [6.07, 6.45) is 2.20. The monoisotopic (exact) mass is 525 g/mol. The second-order valence-electron chi connectivity index (χ2n) is 8.84. The Balaban J connectivity index is 1.35. The molecule has 200 valence electrons. The van der Waals surface area contributed by atoms with Crippen molar-refractivity contribution < 1.29 is 19.3 Å². The van der Waals surface area contributed by atoms with Gasteiger partial charge in [-0.25, -0.2) is 15.0 Å². The molecule has 0 amide bonds. The largest absolute Gasteiger partial charge is 0.497 e. The van der Waals surface area contributed by atoms with Crippen molar-refractivity contribution in [1.82, 2.24) is 19.5 Å². The van der Waals surface area contributed by atoms with Crippen molar-refractivity contribution in [2.24, 2.45) is 0 Å². The minimum Gasteiger partial charge on any atom is -0.497 e. The number of aliphatic hydroxyl groups is 1. The van der Waals surface area contributed by atoms with Gasteiger partial charge in [0.15, 0.2) is 17.0 Å². The molecule has 2 N–H and O–H groups in total. The molecular weight excluding hydrogens is 494 g/mol. The first-order valence-corrected chi connectivity index (χ1v) is 12.7. The average molecular weight is 526 g/mol. The van der Waals surface area contributed by atoms with Crippen LogP contribution in [0.15, 0.2) is 97.6 Å². The first kappa shape index (κ1) is 26.3. The van der Waals surface area contributed by atoms with Gasteiger partial charge in [0.1, 0.15) is 24.0 Å². The van der Waals surface area contributed by atoms with Crippen LogP contribution in [0.25, 0.3) is 11.2 Å². The predicted molar refractivity (Wildman–Crippen MR) is 148 cm³/mol. The molecule has 1 unspecified atom stereocenters. The van der Waals surface area contributed by atoms with Gasteiger partial charge in [0.2, 0.25) is 6.41 Å². The quantitative estimate of drug-likeness (QED) is 0.137. The number of benzene rings is 3. The fourth-order valence-corrected chi connectivity index (χ4v) is 4.67. The lowest BCUT2D eigenvalue weighted by molar-refractivity contribution is -0.154. The van der Waals surface area contributed by atoms with Gasteiger partial charge in [-0.05, 0) is 35.2 Å². The highest BCUT2D eigenvalue weighted by atomic mass is 16.6. The number of fused-ring (bicyclic) bond motifs is 1. The lowest BCUT2D eigenvalue weighted by Gasteiger charge is -2.36. The Morgan fingerprint density at radius 3 is 2.10 bits per heavy atom. The van der Waals surface area contributed by atoms with E-state index < -0.39 is 12.0 Å². The minimum absolute atomic E-state index is 0.257. The number of hydrogen-bond acceptors (Lipinski definition) is 8. The van der Waals surface area contributed by atoms with E-state index in [1.807, 2.05) is 60.7 Å². The third-order valence-corrected chi connectivity index (χ3v) is 6.56. The van der Waals surface area contributed by atoms with Crippen LogP contribution in [0.2, 0.25) is 0 Å². The number of imidazole rings is 1. The molecule has 0 radical (unpaired) electrons. The fraction of sp³-hybridized carbons (Fsp3) is 0.233. The molecule has 0 saturated carbocycles. The maximum absolute atomic E-state index is 10.7. The van der Waals surface area contributed by atoms with Crippen LogP contribution in [0.1, 0.15) is 29.5 Å². The first-order valence-electron chi connectivity index (χ1n) is 12.7. The molecule has 2 heterocycles. The molecular formula is C30H31N5O4. The number of methoxy groups -OCH3 is 1. The highest BCUT2D eigenvalue weighted by Gasteiger charge is 2.37. The Morgan fingerprint density at radius 1 is 0.846 bits per heavy atom. The van der Waals surface area contributed by atoms with Gasteiger partial charge in [0.05, 0.1) is 20.3 Å². The average Bonchev–Trinajstić information content (AvgIpc) is 3.45. The third-order valence-electron chi connectivity index (χ3n) is 6.56. The molecule has 0 saturated heterocycles. The van der Waals surface area contributed by atoms with Crippen molar-refractivity contribution in [2.75, 3.05) is 32.7 Å². The summed E-state index contributed by atoms with van der Waals surface area (Å²) in [7, 11) is 3.41. The van der Waals surface area contributed by atoms with Gasteiger partial charge in [-0.1, -0.05) is 72.8 Å². The normalized spacial score (nSPS) is 12.4. The van der Waals surface area contributed by atoms with E-state index in [4.69, 9.17) is 14.2 Å². The highest BCUT2D eigenvalue weighted by molar-refractivity contribution is 5.82. The third kappa shape index (κ3) is 5.33. The smallest absolute Gasteiger partial charge is 0.244 e. The van der Waals surface area contributed by atoms with Crippen LogP contribution in [0.5, 0.6) is 5.75 Å². The van der Waals surface area contributed by atoms with Gasteiger partial charge >= 0.3 is 0 Å². The lowest BCUT2D eigenvalue weighted by Crippen LogP contribution is -2.33. The summed E-state index contributed by atoms with van der Waals surface area (Å²) in [6.45, 7) is 0.631. The fourth-order valence-electron chi connectivity index (χ4n) is 4.67. The summed E-state index contributed by atoms with van der Waals surface area (Å²) in [5, 5.41) is 13.7. The highest BCUT2D eigenvalue weighted by Crippen LogP contribution is 2.41. The minimum atomic E-state index is -1.25. The molecule has 5 rings (SSSR count). The summed E-state index contributed by atoms with van der Waals surface area (Å²) < 4.78 is 19.4. The molecule has 0 spiro atoms. The summed E-state index contributed by atoms with van der Waals surface area (Å²) in [6, 6.07) is 28.3. The topological polar surface area (TPSA) is 104 Å². The molecule has 0 aliphatic rings. The SMILES string of the molecule is CNc1ncnc2c1ncn2C(O)OCCCOC(c1ccccc1)(c1ccccc1)c1ccc(OC)cc1. The number of hydrogen-bond donors (Lipinski definition) is 2. The summed E-state index contributed by atoms with van der Waals surface area (Å²) in [5.74, 6) is 1.35. The van der Waals surface area contributed by atoms with E-state index in [0.29, 0.717) is 30.0 Å². The molecule has 9 heteroatoms. The van der Waals surface area contributed by atoms with E-state index in [0.717, 1.165) is 22.4 Å². The van der Waals surface area contributed by atoms with Crippen LogP contribution in [-0.4, -0.2) is 52.0 Å². The van der Waals surface area contributed by atoms with E-state index >= 15 is 0 Å². The van der Waals surface area contributed by atoms with Crippen molar-refractivity contribution in [1.29, 1.82) is 0 Å². The number of nitrogens with zero attached hydrogens (tertiary/aromatic N) is 4. The molecule has 0 aliphatic carbocycles. The molecule has 3 aromatic carbocycles. The number of anilines is 1. The van der Waals surface area contributed by atoms with Crippen molar-refractivity contribution in [3.8, 4) is 5.75 Å². The van der Waals surface area contributed by atoms with Gasteiger partial charge in [0.25, 0.3) is 0 Å². The van der Waals surface area contributed by atoms with Gasteiger partial charge in [-0.15, -0.1) is 0 Å². The molecule has 0 aliphatic heterocycles. The molecule has 0 fully saturated rings. The molecule has 39 heavy (non-hydrogen) atoms. The molecule has 5 aromatic rings. The van der Waals surface area contributed by atoms with Gasteiger partial charge in [-0.2, -0.15) is 0 Å². The zero-order chi connectivity index (χ0) is 27.1. The summed E-state index contributed by atoms with van der Waals surface area (Å²) >= 11 is 0. The second kappa shape index (κ2) is 12.0. The maximum atomic E-state index is 10.7. The Labute approximate surface area is 227 Å².